The maximum Gasteiger partial charge on any atom is 0.407 e. The first-order valence-electron chi connectivity index (χ1n) is 20.2. The van der Waals surface area contributed by atoms with Crippen molar-refractivity contribution in [3.8, 4) is 0 Å². The number of thioether (sulfide) groups is 1. The molecule has 0 heterocycles. The van der Waals surface area contributed by atoms with Crippen LogP contribution in [0.25, 0.3) is 0 Å². The number of ether oxygens (including phenoxy) is 4. The molecule has 4 rings (SSSR count). The van der Waals surface area contributed by atoms with Crippen LogP contribution in [0.15, 0.2) is 11.6 Å². The number of alkyl carbamates (subject to hydrolysis) is 1. The summed E-state index contributed by atoms with van der Waals surface area (Å²) in [4.78, 5) is 24.2. The molecule has 0 aromatic carbocycles. The second-order valence-corrected chi connectivity index (χ2v) is 17.8. The summed E-state index contributed by atoms with van der Waals surface area (Å²) in [5.41, 5.74) is 2.35. The van der Waals surface area contributed by atoms with E-state index in [-0.39, 0.29) is 23.5 Å². The average Bonchev–Trinajstić information content (AvgIpc) is 3.44. The van der Waals surface area contributed by atoms with Crippen LogP contribution in [0.5, 0.6) is 0 Å². The van der Waals surface area contributed by atoms with E-state index in [0.717, 1.165) is 66.9 Å². The Morgan fingerprint density at radius 1 is 0.860 bits per heavy atom. The normalized spacial score (nSPS) is 30.9. The fraction of sp³-hybridized carbons (Fsp3) is 0.902. The summed E-state index contributed by atoms with van der Waals surface area (Å²) in [5.74, 6) is 5.94. The number of nitrogens with one attached hydrogen (secondary N) is 2. The molecule has 50 heavy (non-hydrogen) atoms. The maximum absolute atomic E-state index is 12.7. The molecule has 0 bridgehead atoms. The summed E-state index contributed by atoms with van der Waals surface area (Å²) in [7, 11) is 0. The zero-order valence-electron chi connectivity index (χ0n) is 32.5. The first kappa shape index (κ1) is 41.5. The van der Waals surface area contributed by atoms with E-state index in [1.54, 1.807) is 17.3 Å². The van der Waals surface area contributed by atoms with Gasteiger partial charge in [-0.05, 0) is 104 Å². The van der Waals surface area contributed by atoms with E-state index >= 15 is 0 Å². The van der Waals surface area contributed by atoms with Gasteiger partial charge in [-0.2, -0.15) is 11.8 Å². The first-order chi connectivity index (χ1) is 24.1. The van der Waals surface area contributed by atoms with Gasteiger partial charge in [0, 0.05) is 38.3 Å². The number of rotatable bonds is 22. The van der Waals surface area contributed by atoms with Crippen LogP contribution in [0.4, 0.5) is 4.79 Å². The third kappa shape index (κ3) is 11.6. The van der Waals surface area contributed by atoms with E-state index < -0.39 is 0 Å². The van der Waals surface area contributed by atoms with E-state index in [2.05, 4.69) is 51.3 Å². The summed E-state index contributed by atoms with van der Waals surface area (Å²) in [6, 6.07) is 0. The summed E-state index contributed by atoms with van der Waals surface area (Å²) in [6.45, 7) is 16.6. The number of allylic oxidation sites excluding steroid dienone is 1. The summed E-state index contributed by atoms with van der Waals surface area (Å²) >= 11 is 1.66. The number of amides is 2. The van der Waals surface area contributed by atoms with Gasteiger partial charge in [0.05, 0.1) is 33.0 Å². The van der Waals surface area contributed by atoms with Gasteiger partial charge < -0.3 is 29.6 Å². The van der Waals surface area contributed by atoms with Crippen LogP contribution in [0.1, 0.15) is 118 Å². The van der Waals surface area contributed by atoms with Gasteiger partial charge in [-0.25, -0.2) is 4.79 Å². The lowest BCUT2D eigenvalue weighted by Gasteiger charge is -2.58. The molecule has 0 aliphatic heterocycles. The molecule has 2 N–H and O–H groups in total. The van der Waals surface area contributed by atoms with Gasteiger partial charge in [-0.15, -0.1) is 0 Å². The van der Waals surface area contributed by atoms with Crippen molar-refractivity contribution in [2.45, 2.75) is 124 Å². The lowest BCUT2D eigenvalue weighted by atomic mass is 9.47. The topological polar surface area (TPSA) is 95.1 Å². The quantitative estimate of drug-likeness (QED) is 0.0857. The molecule has 4 aliphatic rings. The van der Waals surface area contributed by atoms with Crippen LogP contribution >= 0.6 is 11.8 Å². The van der Waals surface area contributed by atoms with Gasteiger partial charge in [0.15, 0.2) is 0 Å². The second-order valence-electron chi connectivity index (χ2n) is 16.8. The highest BCUT2D eigenvalue weighted by molar-refractivity contribution is 7.98. The highest BCUT2D eigenvalue weighted by atomic mass is 32.2. The molecule has 2 amide bonds. The van der Waals surface area contributed by atoms with Crippen LogP contribution in [-0.4, -0.2) is 82.8 Å². The molecule has 288 valence electrons. The number of hydrogen-bond donors (Lipinski definition) is 2. The fourth-order valence-electron chi connectivity index (χ4n) is 10.4. The van der Waals surface area contributed by atoms with Crippen molar-refractivity contribution in [1.29, 1.82) is 0 Å². The Hall–Kier alpha value is -1.29. The zero-order chi connectivity index (χ0) is 36.0. The minimum absolute atomic E-state index is 0.0246. The van der Waals surface area contributed by atoms with Crippen molar-refractivity contribution in [2.75, 3.05) is 64.7 Å². The number of hydrogen-bond acceptors (Lipinski definition) is 7. The Bertz CT molecular complexity index is 1070. The Morgan fingerprint density at radius 2 is 1.60 bits per heavy atom. The predicted octanol–water partition coefficient (Wildman–Crippen LogP) is 8.43. The van der Waals surface area contributed by atoms with Crippen LogP contribution in [0.3, 0.4) is 0 Å². The van der Waals surface area contributed by atoms with Crippen LogP contribution in [-0.2, 0) is 23.7 Å². The summed E-state index contributed by atoms with van der Waals surface area (Å²) in [6.07, 6.45) is 19.5. The van der Waals surface area contributed by atoms with Crippen molar-refractivity contribution < 1.29 is 28.5 Å². The molecule has 0 radical (unpaired) electrons. The fourth-order valence-corrected chi connectivity index (χ4v) is 10.8. The SMILES string of the molecule is CSCCC(=O)NCCOCCOCCOCCCNC(=O)OC1CCC2(C)C(=CCC3C2CCC2(C)C(C(C)CCCC(C)C)CCC32)C1. The molecule has 3 fully saturated rings. The van der Waals surface area contributed by atoms with Crippen molar-refractivity contribution in [3.63, 3.8) is 0 Å². The van der Waals surface area contributed by atoms with Crippen LogP contribution in [0, 0.1) is 46.3 Å². The predicted molar refractivity (Wildman–Crippen MR) is 204 cm³/mol. The minimum atomic E-state index is -0.302. The van der Waals surface area contributed by atoms with Gasteiger partial charge in [-0.1, -0.05) is 65.5 Å². The lowest BCUT2D eigenvalue weighted by molar-refractivity contribution is -0.120. The van der Waals surface area contributed by atoms with E-state index in [1.807, 2.05) is 6.26 Å². The van der Waals surface area contributed by atoms with Gasteiger partial charge in [0.2, 0.25) is 5.91 Å². The number of carbonyl (C=O) groups excluding carboxylic acids is 2. The smallest absolute Gasteiger partial charge is 0.407 e. The maximum atomic E-state index is 12.7. The zero-order valence-corrected chi connectivity index (χ0v) is 33.3. The Morgan fingerprint density at radius 3 is 2.34 bits per heavy atom. The van der Waals surface area contributed by atoms with Gasteiger partial charge in [0.1, 0.15) is 6.10 Å². The Kier molecular flexibility index (Phi) is 17.3. The van der Waals surface area contributed by atoms with Crippen molar-refractivity contribution >= 4 is 23.8 Å². The van der Waals surface area contributed by atoms with Gasteiger partial charge >= 0.3 is 6.09 Å². The molecule has 8 unspecified atom stereocenters. The van der Waals surface area contributed by atoms with E-state index in [1.165, 1.54) is 51.4 Å². The summed E-state index contributed by atoms with van der Waals surface area (Å²) < 4.78 is 22.6. The standard InChI is InChI=1S/C41H72N2O6S/c1-30(2)9-7-10-31(3)35-13-14-36-34-12-11-32-29-33(15-18-40(32,4)37(34)16-19-41(35,36)5)49-39(45)43-20-8-22-46-24-26-48-27-25-47-23-21-42-38(44)17-28-50-6/h11,30-31,33-37H,7-10,12-29H2,1-6H3,(H,42,44)(H,43,45). The van der Waals surface area contributed by atoms with Crippen molar-refractivity contribution in [1.82, 2.24) is 10.6 Å². The van der Waals surface area contributed by atoms with Crippen molar-refractivity contribution in [3.05, 3.63) is 11.6 Å². The van der Waals surface area contributed by atoms with E-state index in [0.29, 0.717) is 64.6 Å². The largest absolute Gasteiger partial charge is 0.446 e. The molecule has 0 saturated heterocycles. The molecule has 0 aromatic rings. The highest BCUT2D eigenvalue weighted by Gasteiger charge is 2.59. The lowest BCUT2D eigenvalue weighted by Crippen LogP contribution is -2.51. The van der Waals surface area contributed by atoms with E-state index in [4.69, 9.17) is 18.9 Å². The van der Waals surface area contributed by atoms with E-state index in [9.17, 15) is 9.59 Å². The minimum Gasteiger partial charge on any atom is -0.446 e. The molecular formula is C41H72N2O6S. The second kappa shape index (κ2) is 20.8. The molecule has 3 saturated carbocycles. The highest BCUT2D eigenvalue weighted by Crippen LogP contribution is 2.67. The molecule has 9 heteroatoms. The van der Waals surface area contributed by atoms with Crippen molar-refractivity contribution in [2.24, 2.45) is 46.3 Å². The molecule has 8 atom stereocenters. The van der Waals surface area contributed by atoms with Crippen LogP contribution in [0.2, 0.25) is 0 Å². The third-order valence-electron chi connectivity index (χ3n) is 13.1. The average molecular weight is 721 g/mol. The van der Waals surface area contributed by atoms with Gasteiger partial charge in [0.25, 0.3) is 0 Å². The number of fused-ring (bicyclic) bond motifs is 5. The third-order valence-corrected chi connectivity index (χ3v) is 13.7. The molecule has 0 aromatic heterocycles. The van der Waals surface area contributed by atoms with Gasteiger partial charge in [-0.3, -0.25) is 4.79 Å². The first-order valence-corrected chi connectivity index (χ1v) is 21.6. The Balaban J connectivity index is 1.06. The molecular weight excluding hydrogens is 649 g/mol. The molecule has 8 nitrogen and oxygen atoms in total. The molecule has 0 spiro atoms. The Labute approximate surface area is 309 Å². The number of carbonyl (C=O) groups is 2. The summed E-state index contributed by atoms with van der Waals surface area (Å²) in [5, 5.41) is 5.77. The molecule has 4 aliphatic carbocycles. The monoisotopic (exact) mass is 721 g/mol. The van der Waals surface area contributed by atoms with Crippen LogP contribution < -0.4 is 10.6 Å².